The summed E-state index contributed by atoms with van der Waals surface area (Å²) in [5.74, 6) is -1.20. The molecular weight excluding hydrogens is 330 g/mol. The normalized spacial score (nSPS) is 18.7. The first-order chi connectivity index (χ1) is 12.0. The van der Waals surface area contributed by atoms with E-state index in [1.54, 1.807) is 0 Å². The van der Waals surface area contributed by atoms with Crippen LogP contribution >= 0.6 is 0 Å². The van der Waals surface area contributed by atoms with Gasteiger partial charge in [0, 0.05) is 24.9 Å². The minimum absolute atomic E-state index is 0.0302. The van der Waals surface area contributed by atoms with Gasteiger partial charge in [-0.2, -0.15) is 5.10 Å². The Bertz CT molecular complexity index is 785. The van der Waals surface area contributed by atoms with E-state index < -0.39 is 11.6 Å². The molecule has 0 unspecified atom stereocenters. The van der Waals surface area contributed by atoms with Crippen LogP contribution in [0.15, 0.2) is 24.3 Å². The smallest absolute Gasteiger partial charge is 0.227 e. The van der Waals surface area contributed by atoms with Gasteiger partial charge in [0.15, 0.2) is 5.82 Å². The van der Waals surface area contributed by atoms with E-state index in [1.807, 2.05) is 6.92 Å². The highest BCUT2D eigenvalue weighted by atomic mass is 19.1. The molecule has 0 spiro atoms. The third-order valence-electron chi connectivity index (χ3n) is 4.17. The second-order valence-corrected chi connectivity index (χ2v) is 6.17. The van der Waals surface area contributed by atoms with Crippen molar-refractivity contribution < 1.29 is 18.4 Å². The van der Waals surface area contributed by atoms with E-state index in [9.17, 15) is 18.4 Å². The number of rotatable bonds is 6. The third kappa shape index (κ3) is 4.01. The van der Waals surface area contributed by atoms with Crippen LogP contribution in [0.1, 0.15) is 19.8 Å². The van der Waals surface area contributed by atoms with Gasteiger partial charge in [0.1, 0.15) is 11.6 Å². The Morgan fingerprint density at radius 2 is 2.00 bits per heavy atom. The van der Waals surface area contributed by atoms with Crippen LogP contribution in [-0.4, -0.2) is 28.6 Å². The Balaban J connectivity index is 1.52. The van der Waals surface area contributed by atoms with Crippen molar-refractivity contribution >= 4 is 17.6 Å². The maximum absolute atomic E-state index is 13.7. The van der Waals surface area contributed by atoms with Gasteiger partial charge in [0.25, 0.3) is 0 Å². The fourth-order valence-electron chi connectivity index (χ4n) is 2.59. The molecule has 0 bridgehead atoms. The Morgan fingerprint density at radius 1 is 1.32 bits per heavy atom. The predicted molar refractivity (Wildman–Crippen MR) is 87.5 cm³/mol. The minimum Gasteiger partial charge on any atom is -0.355 e. The fourth-order valence-corrected chi connectivity index (χ4v) is 2.59. The Labute approximate surface area is 143 Å². The average Bonchev–Trinajstić information content (AvgIpc) is 3.11. The van der Waals surface area contributed by atoms with Crippen LogP contribution in [0.5, 0.6) is 0 Å². The summed E-state index contributed by atoms with van der Waals surface area (Å²) in [6.07, 6.45) is 0.976. The molecule has 25 heavy (non-hydrogen) atoms. The van der Waals surface area contributed by atoms with Crippen molar-refractivity contribution in [1.82, 2.24) is 15.5 Å². The van der Waals surface area contributed by atoms with Crippen LogP contribution in [0.25, 0.3) is 11.3 Å². The van der Waals surface area contributed by atoms with Crippen molar-refractivity contribution in [3.63, 3.8) is 0 Å². The summed E-state index contributed by atoms with van der Waals surface area (Å²) in [6, 6.07) is 4.90. The molecule has 3 N–H and O–H groups in total. The van der Waals surface area contributed by atoms with E-state index in [0.717, 1.165) is 18.6 Å². The summed E-state index contributed by atoms with van der Waals surface area (Å²) in [5.41, 5.74) is -0.108. The number of H-pyrrole nitrogens is 1. The molecule has 3 rings (SSSR count). The molecule has 1 heterocycles. The second kappa shape index (κ2) is 7.00. The molecule has 2 atom stereocenters. The molecule has 132 valence electrons. The van der Waals surface area contributed by atoms with Gasteiger partial charge in [-0.15, -0.1) is 0 Å². The van der Waals surface area contributed by atoms with E-state index in [1.165, 1.54) is 12.1 Å². The molecular formula is C17H18F2N4O2. The van der Waals surface area contributed by atoms with Crippen molar-refractivity contribution in [2.24, 2.45) is 11.8 Å². The number of halogens is 2. The number of carbonyl (C=O) groups is 2. The lowest BCUT2D eigenvalue weighted by Crippen LogP contribution is -2.29. The number of benzene rings is 1. The highest BCUT2D eigenvalue weighted by Crippen LogP contribution is 2.37. The molecule has 1 aromatic carbocycles. The highest BCUT2D eigenvalue weighted by Gasteiger charge is 2.38. The molecule has 0 radical (unpaired) electrons. The topological polar surface area (TPSA) is 86.9 Å². The third-order valence-corrected chi connectivity index (χ3v) is 4.17. The van der Waals surface area contributed by atoms with Crippen LogP contribution in [0.3, 0.4) is 0 Å². The summed E-state index contributed by atoms with van der Waals surface area (Å²) in [7, 11) is 0. The molecule has 1 saturated carbocycles. The van der Waals surface area contributed by atoms with Gasteiger partial charge in [-0.05, 0) is 24.5 Å². The highest BCUT2D eigenvalue weighted by molar-refractivity contribution is 5.91. The summed E-state index contributed by atoms with van der Waals surface area (Å²) in [6.45, 7) is 2.23. The molecule has 0 saturated heterocycles. The quantitative estimate of drug-likeness (QED) is 0.749. The first-order valence-electron chi connectivity index (χ1n) is 8.03. The molecule has 2 amide bonds. The number of nitrogens with one attached hydrogen (secondary N) is 3. The van der Waals surface area contributed by atoms with Crippen molar-refractivity contribution in [1.29, 1.82) is 0 Å². The largest absolute Gasteiger partial charge is 0.355 e. The number of amides is 2. The molecule has 0 aliphatic heterocycles. The van der Waals surface area contributed by atoms with Crippen molar-refractivity contribution in [2.75, 3.05) is 11.9 Å². The SMILES string of the molecule is C[C@H]1C[C@H]1C(=O)NCCC(=O)Nc1cc(-c2c(F)cccc2F)[nH]n1. The summed E-state index contributed by atoms with van der Waals surface area (Å²) < 4.78 is 27.5. The minimum atomic E-state index is -0.724. The zero-order valence-electron chi connectivity index (χ0n) is 13.6. The molecule has 1 aliphatic rings. The van der Waals surface area contributed by atoms with Gasteiger partial charge in [0.2, 0.25) is 11.8 Å². The van der Waals surface area contributed by atoms with Crippen LogP contribution in [0.2, 0.25) is 0 Å². The number of carbonyl (C=O) groups excluding carboxylic acids is 2. The zero-order valence-corrected chi connectivity index (χ0v) is 13.6. The number of anilines is 1. The standard InChI is InChI=1S/C17H18F2N4O2/c1-9-7-10(9)17(25)20-6-5-15(24)21-14-8-13(22-23-14)16-11(18)3-2-4-12(16)19/h2-4,8-10H,5-7H2,1H3,(H,20,25)(H2,21,22,23,24)/t9-,10+/m0/s1. The van der Waals surface area contributed by atoms with Gasteiger partial charge in [0.05, 0.1) is 11.3 Å². The van der Waals surface area contributed by atoms with Crippen LogP contribution in [0, 0.1) is 23.5 Å². The number of aromatic nitrogens is 2. The van der Waals surface area contributed by atoms with Gasteiger partial charge in [-0.3, -0.25) is 14.7 Å². The van der Waals surface area contributed by atoms with E-state index in [2.05, 4.69) is 20.8 Å². The van der Waals surface area contributed by atoms with Crippen molar-refractivity contribution in [2.45, 2.75) is 19.8 Å². The van der Waals surface area contributed by atoms with E-state index >= 15 is 0 Å². The zero-order chi connectivity index (χ0) is 18.0. The maximum atomic E-state index is 13.7. The first kappa shape index (κ1) is 17.1. The molecule has 1 fully saturated rings. The van der Waals surface area contributed by atoms with Gasteiger partial charge < -0.3 is 10.6 Å². The van der Waals surface area contributed by atoms with Crippen LogP contribution < -0.4 is 10.6 Å². The van der Waals surface area contributed by atoms with Gasteiger partial charge in [-0.25, -0.2) is 8.78 Å². The molecule has 6 nitrogen and oxygen atoms in total. The van der Waals surface area contributed by atoms with Crippen molar-refractivity contribution in [3.8, 4) is 11.3 Å². The molecule has 8 heteroatoms. The maximum Gasteiger partial charge on any atom is 0.227 e. The molecule has 1 aliphatic carbocycles. The molecule has 1 aromatic heterocycles. The number of aromatic amines is 1. The lowest BCUT2D eigenvalue weighted by Gasteiger charge is -2.04. The summed E-state index contributed by atoms with van der Waals surface area (Å²) in [4.78, 5) is 23.5. The van der Waals surface area contributed by atoms with E-state index in [-0.39, 0.29) is 47.8 Å². The van der Waals surface area contributed by atoms with Crippen LogP contribution in [0.4, 0.5) is 14.6 Å². The van der Waals surface area contributed by atoms with Gasteiger partial charge in [-0.1, -0.05) is 13.0 Å². The monoisotopic (exact) mass is 348 g/mol. The van der Waals surface area contributed by atoms with E-state index in [0.29, 0.717) is 5.92 Å². The van der Waals surface area contributed by atoms with Gasteiger partial charge >= 0.3 is 0 Å². The summed E-state index contributed by atoms with van der Waals surface area (Å²) >= 11 is 0. The Morgan fingerprint density at radius 3 is 2.64 bits per heavy atom. The molecule has 2 aromatic rings. The van der Waals surface area contributed by atoms with Crippen molar-refractivity contribution in [3.05, 3.63) is 35.9 Å². The summed E-state index contributed by atoms with van der Waals surface area (Å²) in [5, 5.41) is 11.6. The second-order valence-electron chi connectivity index (χ2n) is 6.17. The predicted octanol–water partition coefficient (Wildman–Crippen LogP) is 2.46. The number of hydrogen-bond donors (Lipinski definition) is 3. The number of nitrogens with zero attached hydrogens (tertiary/aromatic N) is 1. The Hall–Kier alpha value is -2.77. The lowest BCUT2D eigenvalue weighted by molar-refractivity contribution is -0.122. The van der Waals surface area contributed by atoms with E-state index in [4.69, 9.17) is 0 Å². The first-order valence-corrected chi connectivity index (χ1v) is 8.03. The number of hydrogen-bond acceptors (Lipinski definition) is 3. The average molecular weight is 348 g/mol. The lowest BCUT2D eigenvalue weighted by atomic mass is 10.1. The Kier molecular flexibility index (Phi) is 4.78. The van der Waals surface area contributed by atoms with Crippen LogP contribution in [-0.2, 0) is 9.59 Å². The fraction of sp³-hybridized carbons (Fsp3) is 0.353.